The zero-order valence-electron chi connectivity index (χ0n) is 12.4. The molecule has 3 heteroatoms. The van der Waals surface area contributed by atoms with Crippen LogP contribution in [-0.2, 0) is 0 Å². The number of para-hydroxylation sites is 2. The lowest BCUT2D eigenvalue weighted by atomic mass is 10.0. The van der Waals surface area contributed by atoms with Crippen LogP contribution in [0.1, 0.15) is 18.1 Å². The number of fused-ring (bicyclic) bond motifs is 2. The molecule has 0 aliphatic carbocycles. The molecule has 2 heterocycles. The van der Waals surface area contributed by atoms with Crippen molar-refractivity contribution in [1.29, 1.82) is 0 Å². The van der Waals surface area contributed by atoms with Gasteiger partial charge in [-0.3, -0.25) is 9.98 Å². The number of hydrogen-bond acceptors (Lipinski definition) is 3. The average Bonchev–Trinajstić information content (AvgIpc) is 2.72. The van der Waals surface area contributed by atoms with Crippen molar-refractivity contribution in [3.63, 3.8) is 0 Å². The maximum Gasteiger partial charge on any atom is 0.129 e. The van der Waals surface area contributed by atoms with Crippen LogP contribution in [0.3, 0.4) is 0 Å². The van der Waals surface area contributed by atoms with Gasteiger partial charge < -0.3 is 4.74 Å². The Morgan fingerprint density at radius 1 is 1.05 bits per heavy atom. The fourth-order valence-corrected chi connectivity index (χ4v) is 2.77. The molecule has 1 aliphatic heterocycles. The van der Waals surface area contributed by atoms with Gasteiger partial charge in [0.25, 0.3) is 0 Å². The Bertz CT molecular complexity index is 870. The van der Waals surface area contributed by atoms with Gasteiger partial charge in [0, 0.05) is 22.7 Å². The van der Waals surface area contributed by atoms with Crippen molar-refractivity contribution in [3.05, 3.63) is 71.9 Å². The lowest BCUT2D eigenvalue weighted by Gasteiger charge is -2.12. The molecule has 108 valence electrons. The Balaban J connectivity index is 1.89. The van der Waals surface area contributed by atoms with Crippen molar-refractivity contribution in [2.24, 2.45) is 4.99 Å². The van der Waals surface area contributed by atoms with E-state index in [1.165, 1.54) is 0 Å². The fourth-order valence-electron chi connectivity index (χ4n) is 2.77. The Labute approximate surface area is 129 Å². The highest BCUT2D eigenvalue weighted by molar-refractivity contribution is 6.15. The van der Waals surface area contributed by atoms with E-state index in [1.54, 1.807) is 0 Å². The second kappa shape index (κ2) is 5.26. The highest BCUT2D eigenvalue weighted by Gasteiger charge is 2.18. The van der Waals surface area contributed by atoms with Gasteiger partial charge in [-0.1, -0.05) is 30.3 Å². The Hall–Kier alpha value is -2.68. The number of aliphatic imine (C=N–C) groups is 1. The third-order valence-corrected chi connectivity index (χ3v) is 3.84. The summed E-state index contributed by atoms with van der Waals surface area (Å²) < 4.78 is 5.96. The van der Waals surface area contributed by atoms with E-state index in [1.807, 2.05) is 49.5 Å². The lowest BCUT2D eigenvalue weighted by Crippen LogP contribution is -2.14. The van der Waals surface area contributed by atoms with E-state index in [9.17, 15) is 0 Å². The van der Waals surface area contributed by atoms with Crippen molar-refractivity contribution in [2.45, 2.75) is 13.0 Å². The maximum atomic E-state index is 5.96. The molecule has 3 nitrogen and oxygen atoms in total. The van der Waals surface area contributed by atoms with Crippen LogP contribution < -0.4 is 4.74 Å². The molecule has 1 aromatic heterocycles. The predicted molar refractivity (Wildman–Crippen MR) is 88.8 cm³/mol. The topological polar surface area (TPSA) is 34.5 Å². The van der Waals surface area contributed by atoms with Gasteiger partial charge in [-0.05, 0) is 31.2 Å². The molecule has 0 saturated heterocycles. The Morgan fingerprint density at radius 2 is 1.86 bits per heavy atom. The minimum atomic E-state index is 0.0760. The molecule has 3 aromatic rings. The van der Waals surface area contributed by atoms with E-state index in [-0.39, 0.29) is 6.10 Å². The Kier molecular flexibility index (Phi) is 3.11. The van der Waals surface area contributed by atoms with Gasteiger partial charge in [0.2, 0.25) is 0 Å². The van der Waals surface area contributed by atoms with Crippen LogP contribution >= 0.6 is 0 Å². The van der Waals surface area contributed by atoms with Crippen molar-refractivity contribution >= 4 is 16.6 Å². The first-order chi connectivity index (χ1) is 10.8. The highest BCUT2D eigenvalue weighted by Crippen LogP contribution is 2.26. The number of aromatic nitrogens is 1. The molecule has 2 aromatic carbocycles. The summed E-state index contributed by atoms with van der Waals surface area (Å²) in [7, 11) is 0. The van der Waals surface area contributed by atoms with Crippen LogP contribution in [0.2, 0.25) is 0 Å². The summed E-state index contributed by atoms with van der Waals surface area (Å²) in [4.78, 5) is 9.33. The van der Waals surface area contributed by atoms with Crippen molar-refractivity contribution in [3.8, 4) is 5.75 Å². The van der Waals surface area contributed by atoms with Crippen LogP contribution in [0.15, 0.2) is 65.8 Å². The first kappa shape index (κ1) is 13.0. The van der Waals surface area contributed by atoms with E-state index in [2.05, 4.69) is 23.2 Å². The molecule has 1 aliphatic rings. The third kappa shape index (κ3) is 2.25. The summed E-state index contributed by atoms with van der Waals surface area (Å²) in [5, 5.41) is 1.12. The summed E-state index contributed by atoms with van der Waals surface area (Å²) in [6, 6.07) is 18.3. The summed E-state index contributed by atoms with van der Waals surface area (Å²) in [6.07, 6.45) is 1.97. The molecule has 0 spiro atoms. The van der Waals surface area contributed by atoms with Crippen molar-refractivity contribution in [1.82, 2.24) is 4.98 Å². The zero-order chi connectivity index (χ0) is 14.9. The van der Waals surface area contributed by atoms with Gasteiger partial charge in [0.15, 0.2) is 0 Å². The lowest BCUT2D eigenvalue weighted by molar-refractivity contribution is 0.232. The van der Waals surface area contributed by atoms with E-state index >= 15 is 0 Å². The second-order valence-electron chi connectivity index (χ2n) is 5.53. The summed E-state index contributed by atoms with van der Waals surface area (Å²) >= 11 is 0. The largest absolute Gasteiger partial charge is 0.488 e. The smallest absolute Gasteiger partial charge is 0.129 e. The molecule has 4 rings (SSSR count). The van der Waals surface area contributed by atoms with Gasteiger partial charge in [-0.25, -0.2) is 0 Å². The molecule has 0 bridgehead atoms. The molecule has 1 unspecified atom stereocenters. The quantitative estimate of drug-likeness (QED) is 0.681. The monoisotopic (exact) mass is 288 g/mol. The average molecular weight is 288 g/mol. The van der Waals surface area contributed by atoms with Crippen LogP contribution in [0.25, 0.3) is 10.9 Å². The first-order valence-corrected chi connectivity index (χ1v) is 7.47. The van der Waals surface area contributed by atoms with Gasteiger partial charge >= 0.3 is 0 Å². The number of hydrogen-bond donors (Lipinski definition) is 0. The molecule has 1 atom stereocenters. The van der Waals surface area contributed by atoms with E-state index < -0.39 is 0 Å². The van der Waals surface area contributed by atoms with Gasteiger partial charge in [-0.2, -0.15) is 0 Å². The standard InChI is InChI=1S/C19H16N2O/c1-13-11-21-19(16-7-3-5-9-18(16)22-13)15-10-14-6-2-4-8-17(14)20-12-15/h2-10,12-13H,11H2,1H3. The molecule has 0 fully saturated rings. The molecule has 22 heavy (non-hydrogen) atoms. The van der Waals surface area contributed by atoms with Crippen LogP contribution in [0.4, 0.5) is 0 Å². The molecule has 0 radical (unpaired) electrons. The minimum absolute atomic E-state index is 0.0760. The second-order valence-corrected chi connectivity index (χ2v) is 5.53. The summed E-state index contributed by atoms with van der Waals surface area (Å²) in [5.74, 6) is 0.888. The third-order valence-electron chi connectivity index (χ3n) is 3.84. The fraction of sp³-hybridized carbons (Fsp3) is 0.158. The van der Waals surface area contributed by atoms with E-state index in [0.717, 1.165) is 33.5 Å². The van der Waals surface area contributed by atoms with E-state index in [4.69, 9.17) is 9.73 Å². The zero-order valence-corrected chi connectivity index (χ0v) is 12.4. The predicted octanol–water partition coefficient (Wildman–Crippen LogP) is 3.85. The summed E-state index contributed by atoms with van der Waals surface area (Å²) in [5.41, 5.74) is 4.02. The normalized spacial score (nSPS) is 17.3. The van der Waals surface area contributed by atoms with Crippen LogP contribution in [0.5, 0.6) is 5.75 Å². The number of pyridine rings is 1. The number of rotatable bonds is 1. The van der Waals surface area contributed by atoms with Crippen molar-refractivity contribution < 1.29 is 4.74 Å². The van der Waals surface area contributed by atoms with Gasteiger partial charge in [-0.15, -0.1) is 0 Å². The first-order valence-electron chi connectivity index (χ1n) is 7.47. The minimum Gasteiger partial charge on any atom is -0.488 e. The van der Waals surface area contributed by atoms with E-state index in [0.29, 0.717) is 6.54 Å². The van der Waals surface area contributed by atoms with Crippen LogP contribution in [0, 0.1) is 0 Å². The van der Waals surface area contributed by atoms with Gasteiger partial charge in [0.1, 0.15) is 11.9 Å². The number of ether oxygens (including phenoxy) is 1. The summed E-state index contributed by atoms with van der Waals surface area (Å²) in [6.45, 7) is 2.69. The van der Waals surface area contributed by atoms with Gasteiger partial charge in [0.05, 0.1) is 17.8 Å². The van der Waals surface area contributed by atoms with Crippen LogP contribution in [-0.4, -0.2) is 23.3 Å². The number of nitrogens with zero attached hydrogens (tertiary/aromatic N) is 2. The number of benzene rings is 2. The van der Waals surface area contributed by atoms with Crippen molar-refractivity contribution in [2.75, 3.05) is 6.54 Å². The highest BCUT2D eigenvalue weighted by atomic mass is 16.5. The molecular formula is C19H16N2O. The molecule has 0 saturated carbocycles. The molecule has 0 N–H and O–H groups in total. The maximum absolute atomic E-state index is 5.96. The Morgan fingerprint density at radius 3 is 2.82 bits per heavy atom. The SMILES string of the molecule is CC1CN=C(c2cnc3ccccc3c2)c2ccccc2O1. The molecular weight excluding hydrogens is 272 g/mol. The molecule has 0 amide bonds.